The molecule has 0 aliphatic heterocycles. The monoisotopic (exact) mass is 210 g/mol. The van der Waals surface area contributed by atoms with Crippen LogP contribution in [0.2, 0.25) is 0 Å². The van der Waals surface area contributed by atoms with Crippen LogP contribution in [-0.4, -0.2) is 29.2 Å². The van der Waals surface area contributed by atoms with Crippen molar-refractivity contribution in [2.45, 2.75) is 19.8 Å². The van der Waals surface area contributed by atoms with Crippen molar-refractivity contribution >= 4 is 5.91 Å². The number of H-pyrrole nitrogens is 1. The predicted octanol–water partition coefficient (Wildman–Crippen LogP) is 0.514. The van der Waals surface area contributed by atoms with E-state index >= 15 is 0 Å². The highest BCUT2D eigenvalue weighted by Gasteiger charge is 2.05. The number of hydrogen-bond donors (Lipinski definition) is 3. The predicted molar refractivity (Wildman–Crippen MR) is 58.4 cm³/mol. The van der Waals surface area contributed by atoms with Gasteiger partial charge in [0.15, 0.2) is 0 Å². The maximum Gasteiger partial charge on any atom is 0.269 e. The third-order valence-corrected chi connectivity index (χ3v) is 2.31. The van der Waals surface area contributed by atoms with E-state index in [9.17, 15) is 4.79 Å². The molecule has 1 aromatic heterocycles. The molecule has 5 nitrogen and oxygen atoms in total. The van der Waals surface area contributed by atoms with Gasteiger partial charge in [-0.15, -0.1) is 0 Å². The van der Waals surface area contributed by atoms with Crippen LogP contribution < -0.4 is 11.1 Å². The molecule has 5 heteroatoms. The number of aromatic nitrogens is 2. The average Bonchev–Trinajstić information content (AvgIpc) is 2.77. The molecule has 0 saturated heterocycles. The Kier molecular flexibility index (Phi) is 4.83. The molecular weight excluding hydrogens is 192 g/mol. The van der Waals surface area contributed by atoms with Crippen LogP contribution in [0.3, 0.4) is 0 Å². The van der Waals surface area contributed by atoms with Crippen LogP contribution in [0.1, 0.15) is 30.3 Å². The second-order valence-electron chi connectivity index (χ2n) is 3.71. The van der Waals surface area contributed by atoms with E-state index < -0.39 is 0 Å². The van der Waals surface area contributed by atoms with Crippen molar-refractivity contribution < 1.29 is 4.79 Å². The van der Waals surface area contributed by atoms with Gasteiger partial charge < -0.3 is 11.1 Å². The number of amides is 1. The van der Waals surface area contributed by atoms with Gasteiger partial charge in [-0.3, -0.25) is 9.89 Å². The topological polar surface area (TPSA) is 83.8 Å². The third kappa shape index (κ3) is 4.12. The molecular formula is C10H18N4O. The van der Waals surface area contributed by atoms with E-state index in [4.69, 9.17) is 5.73 Å². The van der Waals surface area contributed by atoms with Crippen molar-refractivity contribution in [3.8, 4) is 0 Å². The zero-order valence-electron chi connectivity index (χ0n) is 8.99. The Morgan fingerprint density at radius 2 is 2.53 bits per heavy atom. The first-order chi connectivity index (χ1) is 7.24. The summed E-state index contributed by atoms with van der Waals surface area (Å²) in [5.41, 5.74) is 5.99. The second kappa shape index (κ2) is 6.19. The largest absolute Gasteiger partial charge is 0.351 e. The van der Waals surface area contributed by atoms with Gasteiger partial charge in [-0.25, -0.2) is 0 Å². The normalized spacial score (nSPS) is 12.4. The summed E-state index contributed by atoms with van der Waals surface area (Å²) in [5.74, 6) is 0.418. The molecule has 1 unspecified atom stereocenters. The molecule has 0 bridgehead atoms. The summed E-state index contributed by atoms with van der Waals surface area (Å²) >= 11 is 0. The molecule has 1 aromatic rings. The van der Waals surface area contributed by atoms with E-state index in [0.717, 1.165) is 12.8 Å². The molecule has 0 saturated carbocycles. The third-order valence-electron chi connectivity index (χ3n) is 2.31. The van der Waals surface area contributed by atoms with E-state index in [0.29, 0.717) is 24.7 Å². The van der Waals surface area contributed by atoms with E-state index in [1.165, 1.54) is 0 Å². The fraction of sp³-hybridized carbons (Fsp3) is 0.600. The van der Waals surface area contributed by atoms with E-state index in [1.807, 2.05) is 0 Å². The molecule has 0 aliphatic carbocycles. The number of carbonyl (C=O) groups is 1. The fourth-order valence-electron chi connectivity index (χ4n) is 1.25. The van der Waals surface area contributed by atoms with Crippen LogP contribution in [0.5, 0.6) is 0 Å². The highest BCUT2D eigenvalue weighted by Crippen LogP contribution is 2.01. The Labute approximate surface area is 89.4 Å². The molecule has 0 fully saturated rings. The summed E-state index contributed by atoms with van der Waals surface area (Å²) in [6.07, 6.45) is 3.56. The summed E-state index contributed by atoms with van der Waals surface area (Å²) in [7, 11) is 0. The first kappa shape index (κ1) is 11.7. The van der Waals surface area contributed by atoms with Gasteiger partial charge in [-0.05, 0) is 31.4 Å². The molecule has 1 rings (SSSR count). The lowest BCUT2D eigenvalue weighted by Gasteiger charge is -2.08. The van der Waals surface area contributed by atoms with Gasteiger partial charge >= 0.3 is 0 Å². The SMILES string of the molecule is CC(CN)CCCNC(=O)c1ccn[nH]1. The van der Waals surface area contributed by atoms with Crippen LogP contribution in [0.15, 0.2) is 12.3 Å². The van der Waals surface area contributed by atoms with Crippen molar-refractivity contribution in [3.63, 3.8) is 0 Å². The Morgan fingerprint density at radius 3 is 3.13 bits per heavy atom. The van der Waals surface area contributed by atoms with Crippen molar-refractivity contribution in [3.05, 3.63) is 18.0 Å². The highest BCUT2D eigenvalue weighted by molar-refractivity contribution is 5.91. The molecule has 15 heavy (non-hydrogen) atoms. The maximum atomic E-state index is 11.4. The molecule has 0 aliphatic rings. The van der Waals surface area contributed by atoms with E-state index in [-0.39, 0.29) is 5.91 Å². The van der Waals surface area contributed by atoms with Gasteiger partial charge in [0.05, 0.1) is 0 Å². The zero-order chi connectivity index (χ0) is 11.1. The number of rotatable bonds is 6. The lowest BCUT2D eigenvalue weighted by molar-refractivity contribution is 0.0947. The number of aromatic amines is 1. The Morgan fingerprint density at radius 1 is 1.73 bits per heavy atom. The second-order valence-corrected chi connectivity index (χ2v) is 3.71. The molecule has 0 radical (unpaired) electrons. The summed E-state index contributed by atoms with van der Waals surface area (Å²) < 4.78 is 0. The van der Waals surface area contributed by atoms with Crippen molar-refractivity contribution in [1.29, 1.82) is 0 Å². The van der Waals surface area contributed by atoms with E-state index in [2.05, 4.69) is 22.4 Å². The number of hydrogen-bond acceptors (Lipinski definition) is 3. The van der Waals surface area contributed by atoms with Gasteiger partial charge in [0.25, 0.3) is 5.91 Å². The Balaban J connectivity index is 2.13. The minimum atomic E-state index is -0.104. The van der Waals surface area contributed by atoms with Crippen LogP contribution >= 0.6 is 0 Å². The number of nitrogens with one attached hydrogen (secondary N) is 2. The van der Waals surface area contributed by atoms with Crippen LogP contribution in [0.4, 0.5) is 0 Å². The molecule has 1 heterocycles. The number of carbonyl (C=O) groups excluding carboxylic acids is 1. The summed E-state index contributed by atoms with van der Waals surface area (Å²) in [4.78, 5) is 11.4. The maximum absolute atomic E-state index is 11.4. The molecule has 1 atom stereocenters. The van der Waals surface area contributed by atoms with Crippen molar-refractivity contribution in [2.24, 2.45) is 11.7 Å². The molecule has 0 aromatic carbocycles. The molecule has 4 N–H and O–H groups in total. The van der Waals surface area contributed by atoms with Crippen LogP contribution in [-0.2, 0) is 0 Å². The van der Waals surface area contributed by atoms with Gasteiger partial charge in [-0.2, -0.15) is 5.10 Å². The lowest BCUT2D eigenvalue weighted by atomic mass is 10.1. The first-order valence-electron chi connectivity index (χ1n) is 5.21. The minimum Gasteiger partial charge on any atom is -0.351 e. The van der Waals surface area contributed by atoms with Crippen LogP contribution in [0, 0.1) is 5.92 Å². The van der Waals surface area contributed by atoms with Crippen molar-refractivity contribution in [1.82, 2.24) is 15.5 Å². The average molecular weight is 210 g/mol. The Hall–Kier alpha value is -1.36. The molecule has 0 spiro atoms. The Bertz CT molecular complexity index is 284. The van der Waals surface area contributed by atoms with Gasteiger partial charge in [0.1, 0.15) is 5.69 Å². The standard InChI is InChI=1S/C10H18N4O/c1-8(7-11)3-2-5-12-10(15)9-4-6-13-14-9/h4,6,8H,2-3,5,7,11H2,1H3,(H,12,15)(H,13,14). The van der Waals surface area contributed by atoms with Crippen LogP contribution in [0.25, 0.3) is 0 Å². The zero-order valence-corrected chi connectivity index (χ0v) is 8.99. The molecule has 1 amide bonds. The summed E-state index contributed by atoms with van der Waals surface area (Å²) in [5, 5.41) is 9.14. The molecule has 84 valence electrons. The van der Waals surface area contributed by atoms with Gasteiger partial charge in [-0.1, -0.05) is 6.92 Å². The van der Waals surface area contributed by atoms with Gasteiger partial charge in [0.2, 0.25) is 0 Å². The smallest absolute Gasteiger partial charge is 0.269 e. The quantitative estimate of drug-likeness (QED) is 0.598. The number of nitrogens with zero attached hydrogens (tertiary/aromatic N) is 1. The summed E-state index contributed by atoms with van der Waals surface area (Å²) in [6.45, 7) is 3.49. The fourth-order valence-corrected chi connectivity index (χ4v) is 1.25. The van der Waals surface area contributed by atoms with Gasteiger partial charge in [0, 0.05) is 12.7 Å². The number of nitrogens with two attached hydrogens (primary N) is 1. The lowest BCUT2D eigenvalue weighted by Crippen LogP contribution is -2.25. The highest BCUT2D eigenvalue weighted by atomic mass is 16.1. The minimum absolute atomic E-state index is 0.104. The van der Waals surface area contributed by atoms with Crippen molar-refractivity contribution in [2.75, 3.05) is 13.1 Å². The summed E-state index contributed by atoms with van der Waals surface area (Å²) in [6, 6.07) is 1.65. The first-order valence-corrected chi connectivity index (χ1v) is 5.21. The van der Waals surface area contributed by atoms with E-state index in [1.54, 1.807) is 12.3 Å².